The smallest absolute Gasteiger partial charge is 0.132 e. The third kappa shape index (κ3) is 2.14. The zero-order valence-electron chi connectivity index (χ0n) is 10.5. The molecule has 1 heterocycles. The summed E-state index contributed by atoms with van der Waals surface area (Å²) in [6, 6.07) is 4.75. The molecule has 0 fully saturated rings. The topological polar surface area (TPSA) is 43.8 Å². The summed E-state index contributed by atoms with van der Waals surface area (Å²) in [5.41, 5.74) is 6.93. The van der Waals surface area contributed by atoms with E-state index >= 15 is 0 Å². The molecule has 1 aromatic heterocycles. The van der Waals surface area contributed by atoms with Crippen LogP contribution in [-0.4, -0.2) is 9.55 Å². The van der Waals surface area contributed by atoms with Gasteiger partial charge >= 0.3 is 0 Å². The van der Waals surface area contributed by atoms with Crippen molar-refractivity contribution >= 4 is 21.7 Å². The third-order valence-corrected chi connectivity index (χ3v) is 3.37. The highest BCUT2D eigenvalue weighted by molar-refractivity contribution is 9.10. The summed E-state index contributed by atoms with van der Waals surface area (Å²) >= 11 is 3.33. The normalized spacial score (nSPS) is 11.2. The second kappa shape index (κ2) is 4.72. The average molecular weight is 312 g/mol. The highest BCUT2D eigenvalue weighted by atomic mass is 79.9. The molecule has 2 rings (SSSR count). The van der Waals surface area contributed by atoms with Crippen LogP contribution in [0.25, 0.3) is 11.3 Å². The van der Waals surface area contributed by atoms with E-state index in [0.717, 1.165) is 10.3 Å². The molecule has 2 N–H and O–H groups in total. The Labute approximate surface area is 114 Å². The standard InChI is InChI=1S/C13H15BrFN3/c1-7(2)13-17-11(12(16)18(13)3)9-6-8(14)4-5-10(9)15/h4-7H,16H2,1-3H3. The maximum Gasteiger partial charge on any atom is 0.132 e. The van der Waals surface area contributed by atoms with Crippen molar-refractivity contribution in [2.45, 2.75) is 19.8 Å². The summed E-state index contributed by atoms with van der Waals surface area (Å²) in [5, 5.41) is 0. The van der Waals surface area contributed by atoms with Crippen LogP contribution in [0.2, 0.25) is 0 Å². The molecular formula is C13H15BrFN3. The minimum atomic E-state index is -0.321. The van der Waals surface area contributed by atoms with Gasteiger partial charge in [0.1, 0.15) is 23.2 Å². The number of rotatable bonds is 2. The quantitative estimate of drug-likeness (QED) is 0.919. The minimum Gasteiger partial charge on any atom is -0.383 e. The number of aromatic nitrogens is 2. The van der Waals surface area contributed by atoms with Gasteiger partial charge in [-0.05, 0) is 18.2 Å². The summed E-state index contributed by atoms with van der Waals surface area (Å²) < 4.78 is 16.5. The summed E-state index contributed by atoms with van der Waals surface area (Å²) in [6.45, 7) is 4.06. The second-order valence-electron chi connectivity index (χ2n) is 4.54. The zero-order valence-corrected chi connectivity index (χ0v) is 12.1. The molecule has 5 heteroatoms. The molecule has 0 amide bonds. The Bertz CT molecular complexity index is 590. The maximum atomic E-state index is 13.9. The van der Waals surface area contributed by atoms with E-state index in [-0.39, 0.29) is 11.7 Å². The van der Waals surface area contributed by atoms with E-state index in [1.807, 2.05) is 20.9 Å². The lowest BCUT2D eigenvalue weighted by molar-refractivity contribution is 0.630. The Kier molecular flexibility index (Phi) is 3.43. The van der Waals surface area contributed by atoms with Crippen molar-refractivity contribution in [2.75, 3.05) is 5.73 Å². The van der Waals surface area contributed by atoms with E-state index in [9.17, 15) is 4.39 Å². The number of hydrogen-bond donors (Lipinski definition) is 1. The van der Waals surface area contributed by atoms with Gasteiger partial charge in [0.25, 0.3) is 0 Å². The van der Waals surface area contributed by atoms with Crippen molar-refractivity contribution in [3.63, 3.8) is 0 Å². The minimum absolute atomic E-state index is 0.237. The monoisotopic (exact) mass is 311 g/mol. The molecule has 0 radical (unpaired) electrons. The number of nitrogen functional groups attached to an aromatic ring is 1. The van der Waals surface area contributed by atoms with E-state index in [0.29, 0.717) is 17.1 Å². The highest BCUT2D eigenvalue weighted by Crippen LogP contribution is 2.31. The van der Waals surface area contributed by atoms with E-state index in [1.54, 1.807) is 16.7 Å². The van der Waals surface area contributed by atoms with Crippen LogP contribution in [0.5, 0.6) is 0 Å². The van der Waals surface area contributed by atoms with Gasteiger partial charge in [0, 0.05) is 23.0 Å². The van der Waals surface area contributed by atoms with Crippen molar-refractivity contribution in [3.05, 3.63) is 34.3 Å². The molecule has 2 aromatic rings. The summed E-state index contributed by atoms with van der Waals surface area (Å²) in [6.07, 6.45) is 0. The van der Waals surface area contributed by atoms with Crippen LogP contribution >= 0.6 is 15.9 Å². The molecule has 0 aliphatic carbocycles. The molecule has 18 heavy (non-hydrogen) atoms. The van der Waals surface area contributed by atoms with E-state index in [4.69, 9.17) is 5.73 Å². The Morgan fingerprint density at radius 3 is 2.61 bits per heavy atom. The Balaban J connectivity index is 2.64. The van der Waals surface area contributed by atoms with Gasteiger partial charge in [-0.25, -0.2) is 9.37 Å². The lowest BCUT2D eigenvalue weighted by Gasteiger charge is -2.04. The van der Waals surface area contributed by atoms with E-state index < -0.39 is 0 Å². The van der Waals surface area contributed by atoms with Gasteiger partial charge in [0.15, 0.2) is 0 Å². The fourth-order valence-electron chi connectivity index (χ4n) is 1.92. The molecular weight excluding hydrogens is 297 g/mol. The van der Waals surface area contributed by atoms with Gasteiger partial charge in [-0.2, -0.15) is 0 Å². The van der Waals surface area contributed by atoms with Gasteiger partial charge in [0.05, 0.1) is 0 Å². The Morgan fingerprint density at radius 2 is 2.06 bits per heavy atom. The largest absolute Gasteiger partial charge is 0.383 e. The highest BCUT2D eigenvalue weighted by Gasteiger charge is 2.18. The van der Waals surface area contributed by atoms with E-state index in [2.05, 4.69) is 20.9 Å². The average Bonchev–Trinajstić information content (AvgIpc) is 2.60. The number of benzene rings is 1. The first-order chi connectivity index (χ1) is 8.41. The fourth-order valence-corrected chi connectivity index (χ4v) is 2.28. The molecule has 0 unspecified atom stereocenters. The lowest BCUT2D eigenvalue weighted by Crippen LogP contribution is -2.03. The molecule has 0 saturated carbocycles. The number of nitrogens with zero attached hydrogens (tertiary/aromatic N) is 2. The Morgan fingerprint density at radius 1 is 1.39 bits per heavy atom. The molecule has 0 spiro atoms. The van der Waals surface area contributed by atoms with Crippen LogP contribution < -0.4 is 5.73 Å². The molecule has 0 saturated heterocycles. The van der Waals surface area contributed by atoms with Gasteiger partial charge < -0.3 is 10.3 Å². The molecule has 96 valence electrons. The van der Waals surface area contributed by atoms with Crippen LogP contribution in [0.15, 0.2) is 22.7 Å². The molecule has 0 aliphatic rings. The van der Waals surface area contributed by atoms with Gasteiger partial charge in [-0.1, -0.05) is 29.8 Å². The SMILES string of the molecule is CC(C)c1nc(-c2cc(Br)ccc2F)c(N)n1C. The van der Waals surface area contributed by atoms with E-state index in [1.165, 1.54) is 6.07 Å². The van der Waals surface area contributed by atoms with Crippen molar-refractivity contribution in [1.29, 1.82) is 0 Å². The number of nitrogens with two attached hydrogens (primary N) is 1. The number of imidazole rings is 1. The predicted octanol–water partition coefficient (Wildman–Crippen LogP) is 3.69. The first kappa shape index (κ1) is 13.1. The van der Waals surface area contributed by atoms with Crippen LogP contribution in [0, 0.1) is 5.82 Å². The maximum absolute atomic E-state index is 13.9. The number of halogens is 2. The van der Waals surface area contributed by atoms with Crippen LogP contribution in [0.4, 0.5) is 10.2 Å². The zero-order chi connectivity index (χ0) is 13.4. The Hall–Kier alpha value is -1.36. The van der Waals surface area contributed by atoms with Crippen molar-refractivity contribution in [3.8, 4) is 11.3 Å². The molecule has 0 atom stereocenters. The van der Waals surface area contributed by atoms with Crippen LogP contribution in [-0.2, 0) is 7.05 Å². The van der Waals surface area contributed by atoms with Crippen LogP contribution in [0.3, 0.4) is 0 Å². The van der Waals surface area contributed by atoms with Gasteiger partial charge in [0.2, 0.25) is 0 Å². The predicted molar refractivity (Wildman–Crippen MR) is 74.8 cm³/mol. The fraction of sp³-hybridized carbons (Fsp3) is 0.308. The summed E-state index contributed by atoms with van der Waals surface area (Å²) in [5.74, 6) is 1.25. The molecule has 0 bridgehead atoms. The van der Waals surface area contributed by atoms with Gasteiger partial charge in [-0.15, -0.1) is 0 Å². The summed E-state index contributed by atoms with van der Waals surface area (Å²) in [4.78, 5) is 4.46. The number of anilines is 1. The lowest BCUT2D eigenvalue weighted by atomic mass is 10.1. The van der Waals surface area contributed by atoms with Crippen molar-refractivity contribution < 1.29 is 4.39 Å². The van der Waals surface area contributed by atoms with Crippen LogP contribution in [0.1, 0.15) is 25.6 Å². The first-order valence-electron chi connectivity index (χ1n) is 5.69. The van der Waals surface area contributed by atoms with Crippen molar-refractivity contribution in [1.82, 2.24) is 9.55 Å². The molecule has 3 nitrogen and oxygen atoms in total. The number of hydrogen-bond acceptors (Lipinski definition) is 2. The van der Waals surface area contributed by atoms with Crippen molar-refractivity contribution in [2.24, 2.45) is 7.05 Å². The second-order valence-corrected chi connectivity index (χ2v) is 5.46. The van der Waals surface area contributed by atoms with Gasteiger partial charge in [-0.3, -0.25) is 0 Å². The molecule has 1 aromatic carbocycles. The third-order valence-electron chi connectivity index (χ3n) is 2.87. The first-order valence-corrected chi connectivity index (χ1v) is 6.48. The molecule has 0 aliphatic heterocycles. The summed E-state index contributed by atoms with van der Waals surface area (Å²) in [7, 11) is 1.84.